The van der Waals surface area contributed by atoms with E-state index in [0.29, 0.717) is 12.5 Å². The second-order valence-corrected chi connectivity index (χ2v) is 5.55. The summed E-state index contributed by atoms with van der Waals surface area (Å²) in [6.45, 7) is 0. The fourth-order valence-corrected chi connectivity index (χ4v) is 2.47. The Kier molecular flexibility index (Phi) is 3.67. The number of hydrogen-bond donors (Lipinski definition) is 0. The van der Waals surface area contributed by atoms with Gasteiger partial charge in [0.1, 0.15) is 5.75 Å². The van der Waals surface area contributed by atoms with Crippen molar-refractivity contribution in [2.24, 2.45) is 0 Å². The Labute approximate surface area is 114 Å². The van der Waals surface area contributed by atoms with Crippen LogP contribution in [0, 0.1) is 0 Å². The summed E-state index contributed by atoms with van der Waals surface area (Å²) in [4.78, 5) is 12.2. The van der Waals surface area contributed by atoms with Crippen LogP contribution in [0.3, 0.4) is 0 Å². The van der Waals surface area contributed by atoms with E-state index < -0.39 is 0 Å². The second kappa shape index (κ2) is 5.60. The van der Waals surface area contributed by atoms with E-state index in [0.717, 1.165) is 37.0 Å². The second-order valence-electron chi connectivity index (χ2n) is 5.55. The average Bonchev–Trinajstić information content (AvgIpc) is 3.25. The number of allylic oxidation sites excluding steroid dienone is 2. The van der Waals surface area contributed by atoms with Crippen molar-refractivity contribution in [2.45, 2.75) is 51.0 Å². The van der Waals surface area contributed by atoms with Crippen LogP contribution in [0.5, 0.6) is 5.75 Å². The molecule has 2 aliphatic carbocycles. The van der Waals surface area contributed by atoms with Crippen molar-refractivity contribution in [2.75, 3.05) is 0 Å². The number of carbonyl (C=O) groups is 1. The zero-order valence-electron chi connectivity index (χ0n) is 11.2. The quantitative estimate of drug-likeness (QED) is 0.580. The zero-order valence-corrected chi connectivity index (χ0v) is 11.2. The standard InChI is InChI=1S/C17H20O2/c18-17(12-13-4-2-1-3-5-13)14-6-8-15(9-7-14)19-16-10-11-16/h4,6-9,16H,1-3,5,10-12H2. The van der Waals surface area contributed by atoms with Crippen LogP contribution < -0.4 is 4.74 Å². The van der Waals surface area contributed by atoms with Crippen LogP contribution in [0.2, 0.25) is 0 Å². The summed E-state index contributed by atoms with van der Waals surface area (Å²) in [5, 5.41) is 0. The molecule has 2 nitrogen and oxygen atoms in total. The van der Waals surface area contributed by atoms with E-state index in [1.807, 2.05) is 24.3 Å². The summed E-state index contributed by atoms with van der Waals surface area (Å²) in [5.74, 6) is 1.11. The Bertz CT molecular complexity index is 480. The molecule has 0 N–H and O–H groups in total. The molecule has 0 heterocycles. The summed E-state index contributed by atoms with van der Waals surface area (Å²) < 4.78 is 5.69. The van der Waals surface area contributed by atoms with Crippen LogP contribution in [-0.4, -0.2) is 11.9 Å². The number of rotatable bonds is 5. The van der Waals surface area contributed by atoms with Crippen molar-refractivity contribution in [1.82, 2.24) is 0 Å². The van der Waals surface area contributed by atoms with E-state index >= 15 is 0 Å². The summed E-state index contributed by atoms with van der Waals surface area (Å²) in [5.41, 5.74) is 2.11. The smallest absolute Gasteiger partial charge is 0.166 e. The van der Waals surface area contributed by atoms with Crippen LogP contribution in [0.25, 0.3) is 0 Å². The lowest BCUT2D eigenvalue weighted by Crippen LogP contribution is -2.03. The number of benzene rings is 1. The first-order valence-electron chi connectivity index (χ1n) is 7.29. The van der Waals surface area contributed by atoms with Gasteiger partial charge in [0.15, 0.2) is 5.78 Å². The van der Waals surface area contributed by atoms with Crippen molar-refractivity contribution in [3.8, 4) is 5.75 Å². The topological polar surface area (TPSA) is 26.3 Å². The highest BCUT2D eigenvalue weighted by Gasteiger charge is 2.23. The molecule has 3 rings (SSSR count). The van der Waals surface area contributed by atoms with Crippen LogP contribution in [0.15, 0.2) is 35.9 Å². The molecule has 0 aromatic heterocycles. The van der Waals surface area contributed by atoms with E-state index in [1.165, 1.54) is 18.4 Å². The average molecular weight is 256 g/mol. The summed E-state index contributed by atoms with van der Waals surface area (Å²) >= 11 is 0. The van der Waals surface area contributed by atoms with Gasteiger partial charge in [0.25, 0.3) is 0 Å². The monoisotopic (exact) mass is 256 g/mol. The van der Waals surface area contributed by atoms with Crippen LogP contribution >= 0.6 is 0 Å². The maximum atomic E-state index is 12.2. The zero-order chi connectivity index (χ0) is 13.1. The lowest BCUT2D eigenvalue weighted by Gasteiger charge is -2.12. The first-order valence-corrected chi connectivity index (χ1v) is 7.29. The third-order valence-electron chi connectivity index (χ3n) is 3.78. The Morgan fingerprint density at radius 1 is 1.16 bits per heavy atom. The molecule has 0 atom stereocenters. The number of carbonyl (C=O) groups excluding carboxylic acids is 1. The van der Waals surface area contributed by atoms with Gasteiger partial charge in [-0.15, -0.1) is 0 Å². The molecule has 1 fully saturated rings. The predicted molar refractivity (Wildman–Crippen MR) is 75.6 cm³/mol. The van der Waals surface area contributed by atoms with Gasteiger partial charge in [-0.1, -0.05) is 11.6 Å². The first-order chi connectivity index (χ1) is 9.31. The minimum Gasteiger partial charge on any atom is -0.490 e. The van der Waals surface area contributed by atoms with Crippen molar-refractivity contribution < 1.29 is 9.53 Å². The SMILES string of the molecule is O=C(CC1=CCCCC1)c1ccc(OC2CC2)cc1. The Morgan fingerprint density at radius 2 is 1.95 bits per heavy atom. The highest BCUT2D eigenvalue weighted by molar-refractivity contribution is 5.97. The van der Waals surface area contributed by atoms with Gasteiger partial charge in [-0.05, 0) is 62.8 Å². The number of ketones is 1. The highest BCUT2D eigenvalue weighted by atomic mass is 16.5. The Hall–Kier alpha value is -1.57. The number of Topliss-reactive ketones (excluding diaryl/α,β-unsaturated/α-hetero) is 1. The third kappa shape index (κ3) is 3.46. The van der Waals surface area contributed by atoms with Gasteiger partial charge in [-0.25, -0.2) is 0 Å². The third-order valence-corrected chi connectivity index (χ3v) is 3.78. The summed E-state index contributed by atoms with van der Waals surface area (Å²) in [7, 11) is 0. The first kappa shape index (κ1) is 12.5. The summed E-state index contributed by atoms with van der Waals surface area (Å²) in [6.07, 6.45) is 10.3. The lowest BCUT2D eigenvalue weighted by molar-refractivity contribution is 0.0991. The highest BCUT2D eigenvalue weighted by Crippen LogP contribution is 2.27. The van der Waals surface area contributed by atoms with E-state index in [9.17, 15) is 4.79 Å². The molecule has 0 radical (unpaired) electrons. The molecule has 1 aromatic rings. The van der Waals surface area contributed by atoms with Crippen molar-refractivity contribution in [1.29, 1.82) is 0 Å². The van der Waals surface area contributed by atoms with E-state index in [4.69, 9.17) is 4.74 Å². The molecule has 0 aliphatic heterocycles. The minimum atomic E-state index is 0.228. The molecule has 0 saturated heterocycles. The molecule has 0 amide bonds. The molecule has 1 saturated carbocycles. The number of ether oxygens (including phenoxy) is 1. The minimum absolute atomic E-state index is 0.228. The molecular formula is C17H20O2. The van der Waals surface area contributed by atoms with Crippen LogP contribution in [0.4, 0.5) is 0 Å². The summed E-state index contributed by atoms with van der Waals surface area (Å²) in [6, 6.07) is 7.62. The van der Waals surface area contributed by atoms with Gasteiger partial charge in [-0.2, -0.15) is 0 Å². The fraction of sp³-hybridized carbons (Fsp3) is 0.471. The van der Waals surface area contributed by atoms with E-state index in [-0.39, 0.29) is 5.78 Å². The Balaban J connectivity index is 1.60. The molecule has 19 heavy (non-hydrogen) atoms. The molecule has 2 aliphatic rings. The maximum Gasteiger partial charge on any atom is 0.166 e. The van der Waals surface area contributed by atoms with E-state index in [2.05, 4.69) is 6.08 Å². The largest absolute Gasteiger partial charge is 0.490 e. The molecule has 1 aromatic carbocycles. The van der Waals surface area contributed by atoms with Gasteiger partial charge >= 0.3 is 0 Å². The van der Waals surface area contributed by atoms with Gasteiger partial charge < -0.3 is 4.74 Å². The Morgan fingerprint density at radius 3 is 2.58 bits per heavy atom. The maximum absolute atomic E-state index is 12.2. The fourth-order valence-electron chi connectivity index (χ4n) is 2.47. The normalized spacial score (nSPS) is 18.8. The predicted octanol–water partition coefficient (Wildman–Crippen LogP) is 4.30. The molecule has 0 unspecified atom stereocenters. The number of hydrogen-bond acceptors (Lipinski definition) is 2. The van der Waals surface area contributed by atoms with Gasteiger partial charge in [-0.3, -0.25) is 4.79 Å². The molecule has 0 bridgehead atoms. The van der Waals surface area contributed by atoms with Gasteiger partial charge in [0.2, 0.25) is 0 Å². The van der Waals surface area contributed by atoms with Crippen molar-refractivity contribution in [3.63, 3.8) is 0 Å². The van der Waals surface area contributed by atoms with Crippen LogP contribution in [0.1, 0.15) is 55.3 Å². The van der Waals surface area contributed by atoms with Gasteiger partial charge in [0, 0.05) is 12.0 Å². The van der Waals surface area contributed by atoms with E-state index in [1.54, 1.807) is 0 Å². The van der Waals surface area contributed by atoms with Crippen LogP contribution in [-0.2, 0) is 0 Å². The lowest BCUT2D eigenvalue weighted by atomic mass is 9.94. The molecule has 100 valence electrons. The van der Waals surface area contributed by atoms with Crippen molar-refractivity contribution in [3.05, 3.63) is 41.5 Å². The van der Waals surface area contributed by atoms with Gasteiger partial charge in [0.05, 0.1) is 6.10 Å². The van der Waals surface area contributed by atoms with Crippen molar-refractivity contribution >= 4 is 5.78 Å². The molecule has 0 spiro atoms. The molecular weight excluding hydrogens is 236 g/mol. The molecule has 2 heteroatoms.